The Morgan fingerprint density at radius 2 is 1.03 bits per heavy atom. The summed E-state index contributed by atoms with van der Waals surface area (Å²) in [5.74, 6) is 0.917. The van der Waals surface area contributed by atoms with Crippen LogP contribution in [0.3, 0.4) is 0 Å². The molecular weight excluding hydrogens is 496 g/mol. The van der Waals surface area contributed by atoms with Crippen molar-refractivity contribution in [2.75, 3.05) is 0 Å². The summed E-state index contributed by atoms with van der Waals surface area (Å²) in [6.45, 7) is 8.78. The van der Waals surface area contributed by atoms with Crippen molar-refractivity contribution in [3.05, 3.63) is 89.2 Å². The minimum atomic E-state index is 0. The molecule has 0 unspecified atom stereocenters. The summed E-state index contributed by atoms with van der Waals surface area (Å²) in [6, 6.07) is 22.8. The fourth-order valence-corrected chi connectivity index (χ4v) is 3.42. The van der Waals surface area contributed by atoms with Gasteiger partial charge in [0.2, 0.25) is 0 Å². The Morgan fingerprint density at radius 3 is 1.42 bits per heavy atom. The molecule has 3 rings (SSSR count). The molecule has 0 fully saturated rings. The van der Waals surface area contributed by atoms with Gasteiger partial charge in [-0.25, -0.2) is 0 Å². The van der Waals surface area contributed by atoms with Gasteiger partial charge in [-0.05, 0) is 47.2 Å². The van der Waals surface area contributed by atoms with Gasteiger partial charge >= 0.3 is 16.8 Å². The molecule has 0 atom stereocenters. The third-order valence-corrected chi connectivity index (χ3v) is 5.04. The van der Waals surface area contributed by atoms with Crippen LogP contribution in [0, 0.1) is 0 Å². The Morgan fingerprint density at radius 1 is 0.636 bits per heavy atom. The topological polar surface area (TPSA) is 37.6 Å². The van der Waals surface area contributed by atoms with Crippen LogP contribution in [0.4, 0.5) is 11.4 Å². The zero-order valence-electron chi connectivity index (χ0n) is 19.5. The second-order valence-corrected chi connectivity index (χ2v) is 8.08. The standard InChI is InChI=1S/C27H31N3.2ClH.Co/c1-20(2)24-12-5-7-14-26(24)28-18-16-22-10-9-11-23(30-22)17-19-29-27-15-8-6-13-25(27)21(3)4;;;/h5-15,18-21H,16-17H2,1-4H3;2*1H;/q;;;+2/p-2. The molecule has 1 radical (unpaired) electrons. The molecule has 3 aromatic rings. The van der Waals surface area contributed by atoms with Crippen molar-refractivity contribution >= 4 is 23.8 Å². The van der Waals surface area contributed by atoms with Gasteiger partial charge < -0.3 is 24.8 Å². The minimum absolute atomic E-state index is 0. The normalized spacial score (nSPS) is 10.8. The fraction of sp³-hybridized carbons (Fsp3) is 0.296. The Bertz CT molecular complexity index is 954. The third kappa shape index (κ3) is 9.42. The molecule has 177 valence electrons. The summed E-state index contributed by atoms with van der Waals surface area (Å²) < 4.78 is 0. The second-order valence-electron chi connectivity index (χ2n) is 8.08. The number of aromatic nitrogens is 1. The van der Waals surface area contributed by atoms with E-state index in [1.807, 2.05) is 24.6 Å². The summed E-state index contributed by atoms with van der Waals surface area (Å²) in [5, 5.41) is 0. The second kappa shape index (κ2) is 15.8. The van der Waals surface area contributed by atoms with Crippen LogP contribution in [0.5, 0.6) is 0 Å². The van der Waals surface area contributed by atoms with E-state index in [4.69, 9.17) is 4.98 Å². The molecule has 0 bridgehead atoms. The van der Waals surface area contributed by atoms with Gasteiger partial charge in [-0.3, -0.25) is 15.0 Å². The predicted molar refractivity (Wildman–Crippen MR) is 129 cm³/mol. The van der Waals surface area contributed by atoms with E-state index in [9.17, 15) is 0 Å². The molecule has 0 spiro atoms. The molecule has 0 saturated heterocycles. The summed E-state index contributed by atoms with van der Waals surface area (Å²) in [4.78, 5) is 14.1. The molecule has 0 N–H and O–H groups in total. The van der Waals surface area contributed by atoms with Gasteiger partial charge in [-0.2, -0.15) is 0 Å². The minimum Gasteiger partial charge on any atom is -1.00 e. The number of hydrogen-bond acceptors (Lipinski definition) is 3. The number of rotatable bonds is 8. The van der Waals surface area contributed by atoms with Crippen LogP contribution in [-0.2, 0) is 29.6 Å². The zero-order chi connectivity index (χ0) is 21.3. The Balaban J connectivity index is 0.00000341. The number of hydrogen-bond donors (Lipinski definition) is 0. The van der Waals surface area contributed by atoms with Gasteiger partial charge in [0.25, 0.3) is 0 Å². The monoisotopic (exact) mass is 526 g/mol. The van der Waals surface area contributed by atoms with Gasteiger partial charge in [0.1, 0.15) is 0 Å². The zero-order valence-corrected chi connectivity index (χ0v) is 22.1. The van der Waals surface area contributed by atoms with Crippen LogP contribution in [-0.4, -0.2) is 17.4 Å². The Hall–Kier alpha value is -1.98. The van der Waals surface area contributed by atoms with Gasteiger partial charge in [0.05, 0.1) is 11.4 Å². The van der Waals surface area contributed by atoms with Crippen molar-refractivity contribution in [2.45, 2.75) is 52.4 Å². The first-order valence-corrected chi connectivity index (χ1v) is 10.7. The van der Waals surface area contributed by atoms with E-state index < -0.39 is 0 Å². The summed E-state index contributed by atoms with van der Waals surface area (Å²) >= 11 is 0. The average molecular weight is 527 g/mol. The van der Waals surface area contributed by atoms with Crippen molar-refractivity contribution in [3.63, 3.8) is 0 Å². The van der Waals surface area contributed by atoms with Crippen molar-refractivity contribution in [2.24, 2.45) is 9.98 Å². The predicted octanol–water partition coefficient (Wildman–Crippen LogP) is 1.22. The van der Waals surface area contributed by atoms with Gasteiger partial charge in [-0.1, -0.05) is 70.2 Å². The first kappa shape index (κ1) is 31.0. The van der Waals surface area contributed by atoms with Crippen LogP contribution in [0.15, 0.2) is 76.7 Å². The third-order valence-electron chi connectivity index (χ3n) is 5.04. The maximum atomic E-state index is 4.77. The molecule has 3 nitrogen and oxygen atoms in total. The Labute approximate surface area is 221 Å². The molecule has 0 aliphatic heterocycles. The van der Waals surface area contributed by atoms with Crippen LogP contribution >= 0.6 is 0 Å². The molecule has 0 aliphatic carbocycles. The first-order valence-electron chi connectivity index (χ1n) is 10.7. The van der Waals surface area contributed by atoms with Crippen molar-refractivity contribution in [3.8, 4) is 0 Å². The van der Waals surface area contributed by atoms with E-state index in [2.05, 4.69) is 92.3 Å². The van der Waals surface area contributed by atoms with Gasteiger partial charge in [0, 0.05) is 36.7 Å². The summed E-state index contributed by atoms with van der Waals surface area (Å²) in [7, 11) is 0. The van der Waals surface area contributed by atoms with E-state index in [1.165, 1.54) is 11.1 Å². The van der Waals surface area contributed by atoms with E-state index in [0.717, 1.165) is 22.8 Å². The largest absolute Gasteiger partial charge is 2.00 e. The van der Waals surface area contributed by atoms with Crippen molar-refractivity contribution in [1.82, 2.24) is 4.98 Å². The molecule has 0 amide bonds. The van der Waals surface area contributed by atoms with Crippen LogP contribution in [0.1, 0.15) is 62.0 Å². The van der Waals surface area contributed by atoms with E-state index in [-0.39, 0.29) is 41.6 Å². The maximum Gasteiger partial charge on any atom is 2.00 e. The number of para-hydroxylation sites is 2. The molecular formula is C27H31Cl2CoN3. The average Bonchev–Trinajstić information content (AvgIpc) is 2.74. The maximum absolute atomic E-state index is 4.77. The van der Waals surface area contributed by atoms with Crippen LogP contribution < -0.4 is 24.8 Å². The summed E-state index contributed by atoms with van der Waals surface area (Å²) in [6.07, 6.45) is 5.35. The fourth-order valence-electron chi connectivity index (χ4n) is 3.42. The molecule has 1 aromatic heterocycles. The number of halogens is 2. The van der Waals surface area contributed by atoms with Gasteiger partial charge in [0.15, 0.2) is 0 Å². The number of nitrogens with zero attached hydrogens (tertiary/aromatic N) is 3. The van der Waals surface area contributed by atoms with Crippen molar-refractivity contribution < 1.29 is 41.6 Å². The van der Waals surface area contributed by atoms with Crippen LogP contribution in [0.2, 0.25) is 0 Å². The van der Waals surface area contributed by atoms with E-state index in [1.54, 1.807) is 0 Å². The Kier molecular flexibility index (Phi) is 14.8. The molecule has 6 heteroatoms. The first-order chi connectivity index (χ1) is 14.5. The number of benzene rings is 2. The van der Waals surface area contributed by atoms with E-state index in [0.29, 0.717) is 24.7 Å². The molecule has 33 heavy (non-hydrogen) atoms. The SMILES string of the molecule is CC(C)c1ccccc1N=CCc1cccc(CC=Nc2ccccc2C(C)C)n1.[Cl-].[Cl-].[Co+2]. The quantitative estimate of drug-likeness (QED) is 0.407. The number of pyridine rings is 1. The van der Waals surface area contributed by atoms with E-state index >= 15 is 0 Å². The molecule has 2 aromatic carbocycles. The van der Waals surface area contributed by atoms with Gasteiger partial charge in [-0.15, -0.1) is 0 Å². The smallest absolute Gasteiger partial charge is 1.00 e. The molecule has 0 aliphatic rings. The molecule has 0 saturated carbocycles. The molecule has 1 heterocycles. The van der Waals surface area contributed by atoms with Crippen LogP contribution in [0.25, 0.3) is 0 Å². The number of aliphatic imine (C=N–C) groups is 2. The van der Waals surface area contributed by atoms with Crippen molar-refractivity contribution in [1.29, 1.82) is 0 Å². The summed E-state index contributed by atoms with van der Waals surface area (Å²) in [5.41, 5.74) is 6.67.